The van der Waals surface area contributed by atoms with Crippen molar-refractivity contribution in [3.8, 4) is 0 Å². The molecule has 4 rings (SSSR count). The fourth-order valence-corrected chi connectivity index (χ4v) is 6.51. The van der Waals surface area contributed by atoms with Crippen molar-refractivity contribution in [3.63, 3.8) is 0 Å². The van der Waals surface area contributed by atoms with Crippen molar-refractivity contribution in [3.05, 3.63) is 99.5 Å². The van der Waals surface area contributed by atoms with E-state index in [1.165, 1.54) is 11.0 Å². The third-order valence-corrected chi connectivity index (χ3v) is 9.37. The number of amides is 2. The van der Waals surface area contributed by atoms with E-state index in [-0.39, 0.29) is 30.6 Å². The standard InChI is InChI=1S/C32H37Cl2N3O4S/c1-23-16-17-28(20-29(23)34)37(42(2,40)41)22-31(38)36(21-25-12-9-13-26(33)18-25)30(19-24-10-5-3-6-11-24)32(39)35-27-14-7-4-8-15-27/h3,5-6,9-13,16-18,20,27,30H,4,7-8,14-15,19,21-22H2,1-2H3,(H,35,39)/t30-/m1/s1. The molecule has 1 atom stereocenters. The molecule has 0 aliphatic heterocycles. The molecule has 0 saturated heterocycles. The van der Waals surface area contributed by atoms with Crippen LogP contribution >= 0.6 is 23.2 Å². The molecule has 3 aromatic rings. The van der Waals surface area contributed by atoms with Gasteiger partial charge in [0.1, 0.15) is 12.6 Å². The van der Waals surface area contributed by atoms with Crippen LogP contribution in [0.1, 0.15) is 48.8 Å². The first-order valence-electron chi connectivity index (χ1n) is 14.1. The van der Waals surface area contributed by atoms with Crippen LogP contribution in [0.5, 0.6) is 0 Å². The normalized spacial score (nSPS) is 14.7. The molecular weight excluding hydrogens is 593 g/mol. The summed E-state index contributed by atoms with van der Waals surface area (Å²) in [7, 11) is -3.88. The number of sulfonamides is 1. The van der Waals surface area contributed by atoms with Crippen LogP contribution in [0.3, 0.4) is 0 Å². The Labute approximate surface area is 258 Å². The zero-order valence-corrected chi connectivity index (χ0v) is 26.3. The van der Waals surface area contributed by atoms with E-state index >= 15 is 0 Å². The van der Waals surface area contributed by atoms with Gasteiger partial charge in [0.2, 0.25) is 21.8 Å². The molecule has 3 aromatic carbocycles. The third kappa shape index (κ3) is 8.72. The Balaban J connectivity index is 1.73. The van der Waals surface area contributed by atoms with Gasteiger partial charge in [-0.25, -0.2) is 8.42 Å². The molecule has 0 heterocycles. The lowest BCUT2D eigenvalue weighted by atomic mass is 9.94. The van der Waals surface area contributed by atoms with Gasteiger partial charge in [-0.3, -0.25) is 13.9 Å². The first-order chi connectivity index (χ1) is 20.0. The Kier molecular flexibility index (Phi) is 10.9. The molecule has 42 heavy (non-hydrogen) atoms. The maximum atomic E-state index is 14.2. The second-order valence-corrected chi connectivity index (χ2v) is 13.7. The van der Waals surface area contributed by atoms with Gasteiger partial charge in [0.05, 0.1) is 11.9 Å². The van der Waals surface area contributed by atoms with Crippen molar-refractivity contribution < 1.29 is 18.0 Å². The van der Waals surface area contributed by atoms with Crippen LogP contribution in [-0.4, -0.2) is 50.0 Å². The largest absolute Gasteiger partial charge is 0.352 e. The SMILES string of the molecule is Cc1ccc(N(CC(=O)N(Cc2cccc(Cl)c2)[C@H](Cc2ccccc2)C(=O)NC2CCCCC2)S(C)(=O)=O)cc1Cl. The number of nitrogens with zero attached hydrogens (tertiary/aromatic N) is 2. The van der Waals surface area contributed by atoms with Crippen molar-refractivity contribution in [2.45, 2.75) is 64.1 Å². The number of benzene rings is 3. The van der Waals surface area contributed by atoms with Crippen LogP contribution in [0.2, 0.25) is 10.0 Å². The predicted molar refractivity (Wildman–Crippen MR) is 169 cm³/mol. The molecule has 0 unspecified atom stereocenters. The lowest BCUT2D eigenvalue weighted by molar-refractivity contribution is -0.140. The molecule has 224 valence electrons. The minimum atomic E-state index is -3.88. The summed E-state index contributed by atoms with van der Waals surface area (Å²) in [6.07, 6.45) is 6.32. The molecule has 7 nitrogen and oxygen atoms in total. The first-order valence-corrected chi connectivity index (χ1v) is 16.7. The molecule has 1 aliphatic carbocycles. The highest BCUT2D eigenvalue weighted by Gasteiger charge is 2.34. The number of anilines is 1. The summed E-state index contributed by atoms with van der Waals surface area (Å²) in [6, 6.07) is 20.6. The van der Waals surface area contributed by atoms with Crippen LogP contribution in [0.15, 0.2) is 72.8 Å². The van der Waals surface area contributed by atoms with Crippen molar-refractivity contribution >= 4 is 50.7 Å². The summed E-state index contributed by atoms with van der Waals surface area (Å²) in [6.45, 7) is 1.38. The smallest absolute Gasteiger partial charge is 0.244 e. The highest BCUT2D eigenvalue weighted by atomic mass is 35.5. The van der Waals surface area contributed by atoms with Gasteiger partial charge >= 0.3 is 0 Å². The number of hydrogen-bond acceptors (Lipinski definition) is 4. The van der Waals surface area contributed by atoms with Gasteiger partial charge in [-0.1, -0.05) is 91.0 Å². The molecule has 1 aliphatic rings. The van der Waals surface area contributed by atoms with E-state index in [1.807, 2.05) is 43.3 Å². The second kappa shape index (κ2) is 14.4. The van der Waals surface area contributed by atoms with Crippen LogP contribution < -0.4 is 9.62 Å². The molecule has 0 aromatic heterocycles. The van der Waals surface area contributed by atoms with Gasteiger partial charge in [0.25, 0.3) is 0 Å². The van der Waals surface area contributed by atoms with E-state index in [0.29, 0.717) is 10.0 Å². The van der Waals surface area contributed by atoms with Crippen LogP contribution in [0, 0.1) is 6.92 Å². The summed E-state index contributed by atoms with van der Waals surface area (Å²) in [4.78, 5) is 29.7. The van der Waals surface area contributed by atoms with Crippen molar-refractivity contribution in [1.82, 2.24) is 10.2 Å². The number of carbonyl (C=O) groups excluding carboxylic acids is 2. The highest BCUT2D eigenvalue weighted by Crippen LogP contribution is 2.26. The van der Waals surface area contributed by atoms with Crippen molar-refractivity contribution in [1.29, 1.82) is 0 Å². The third-order valence-electron chi connectivity index (χ3n) is 7.59. The van der Waals surface area contributed by atoms with Crippen LogP contribution in [0.25, 0.3) is 0 Å². The Morgan fingerprint density at radius 1 is 0.929 bits per heavy atom. The lowest BCUT2D eigenvalue weighted by Crippen LogP contribution is -2.55. The zero-order chi connectivity index (χ0) is 30.3. The summed E-state index contributed by atoms with van der Waals surface area (Å²) >= 11 is 12.6. The second-order valence-electron chi connectivity index (χ2n) is 10.9. The quantitative estimate of drug-likeness (QED) is 0.275. The molecule has 2 amide bonds. The molecule has 1 fully saturated rings. The molecule has 0 bridgehead atoms. The maximum absolute atomic E-state index is 14.2. The molecule has 1 saturated carbocycles. The zero-order valence-electron chi connectivity index (χ0n) is 23.9. The number of carbonyl (C=O) groups is 2. The van der Waals surface area contributed by atoms with E-state index < -0.39 is 28.5 Å². The fourth-order valence-electron chi connectivity index (χ4n) is 5.28. The number of rotatable bonds is 11. The molecule has 10 heteroatoms. The Morgan fingerprint density at radius 2 is 1.62 bits per heavy atom. The Hall–Kier alpha value is -3.07. The summed E-state index contributed by atoms with van der Waals surface area (Å²) < 4.78 is 27.0. The Morgan fingerprint density at radius 3 is 2.26 bits per heavy atom. The average Bonchev–Trinajstić information content (AvgIpc) is 2.95. The minimum Gasteiger partial charge on any atom is -0.352 e. The number of nitrogens with one attached hydrogen (secondary N) is 1. The van der Waals surface area contributed by atoms with E-state index in [2.05, 4.69) is 5.32 Å². The van der Waals surface area contributed by atoms with Crippen LogP contribution in [-0.2, 0) is 32.6 Å². The van der Waals surface area contributed by atoms with E-state index in [4.69, 9.17) is 23.2 Å². The first kappa shape index (κ1) is 31.9. The van der Waals surface area contributed by atoms with Gasteiger partial charge in [0, 0.05) is 29.1 Å². The maximum Gasteiger partial charge on any atom is 0.244 e. The monoisotopic (exact) mass is 629 g/mol. The predicted octanol–water partition coefficient (Wildman–Crippen LogP) is 6.16. The lowest BCUT2D eigenvalue weighted by Gasteiger charge is -2.35. The van der Waals surface area contributed by atoms with Gasteiger partial charge in [0.15, 0.2) is 0 Å². The van der Waals surface area contributed by atoms with Crippen molar-refractivity contribution in [2.24, 2.45) is 0 Å². The van der Waals surface area contributed by atoms with Crippen molar-refractivity contribution in [2.75, 3.05) is 17.1 Å². The summed E-state index contributed by atoms with van der Waals surface area (Å²) in [5.41, 5.74) is 2.67. The Bertz CT molecular complexity index is 1490. The van der Waals surface area contributed by atoms with E-state index in [9.17, 15) is 18.0 Å². The molecule has 0 spiro atoms. The highest BCUT2D eigenvalue weighted by molar-refractivity contribution is 7.92. The van der Waals surface area contributed by atoms with E-state index in [1.54, 1.807) is 30.3 Å². The average molecular weight is 631 g/mol. The number of halogens is 2. The molecule has 1 N–H and O–H groups in total. The summed E-state index contributed by atoms with van der Waals surface area (Å²) in [5, 5.41) is 4.08. The minimum absolute atomic E-state index is 0.0369. The summed E-state index contributed by atoms with van der Waals surface area (Å²) in [5.74, 6) is -0.776. The topological polar surface area (TPSA) is 86.8 Å². The molecule has 0 radical (unpaired) electrons. The van der Waals surface area contributed by atoms with Crippen LogP contribution in [0.4, 0.5) is 5.69 Å². The van der Waals surface area contributed by atoms with E-state index in [0.717, 1.165) is 59.4 Å². The fraction of sp³-hybridized carbons (Fsp3) is 0.375. The van der Waals surface area contributed by atoms with Gasteiger partial charge in [-0.15, -0.1) is 0 Å². The van der Waals surface area contributed by atoms with Gasteiger partial charge in [-0.2, -0.15) is 0 Å². The number of aryl methyl sites for hydroxylation is 1. The van der Waals surface area contributed by atoms with Gasteiger partial charge < -0.3 is 10.2 Å². The van der Waals surface area contributed by atoms with Gasteiger partial charge in [-0.05, 0) is 60.7 Å². The molecular formula is C32H37Cl2N3O4S. The number of hydrogen-bond donors (Lipinski definition) is 1.